The number of rotatable bonds is 5. The Morgan fingerprint density at radius 1 is 0.388 bits per heavy atom. The van der Waals surface area contributed by atoms with Gasteiger partial charge in [0.05, 0.1) is 11.4 Å². The molecule has 230 valence electrons. The van der Waals surface area contributed by atoms with E-state index in [0.717, 1.165) is 39.0 Å². The van der Waals surface area contributed by atoms with Crippen LogP contribution in [0.5, 0.6) is 0 Å². The summed E-state index contributed by atoms with van der Waals surface area (Å²) in [6.07, 6.45) is 0. The first-order chi connectivity index (χ1) is 24.3. The van der Waals surface area contributed by atoms with Gasteiger partial charge in [-0.2, -0.15) is 0 Å². The van der Waals surface area contributed by atoms with E-state index in [-0.39, 0.29) is 0 Å². The fraction of sp³-hybridized carbons (Fsp3) is 0. The quantitative estimate of drug-likeness (QED) is 0.186. The SMILES string of the molecule is c1ccc(N(c2ccc3c(c2)oc2ccccc23)c2ccccc2-c2cccc3c2sc2ccccc23)c(-c2cccc3ccccc23)c1. The van der Waals surface area contributed by atoms with Crippen LogP contribution in [0.1, 0.15) is 0 Å². The zero-order valence-electron chi connectivity index (χ0n) is 26.5. The van der Waals surface area contributed by atoms with Crippen LogP contribution in [0.15, 0.2) is 180 Å². The van der Waals surface area contributed by atoms with Gasteiger partial charge < -0.3 is 9.32 Å². The van der Waals surface area contributed by atoms with Crippen LogP contribution in [-0.4, -0.2) is 0 Å². The molecule has 0 spiro atoms. The summed E-state index contributed by atoms with van der Waals surface area (Å²) in [6.45, 7) is 0. The second kappa shape index (κ2) is 11.2. The first-order valence-corrected chi connectivity index (χ1v) is 17.4. The molecular formula is C46H29NOS. The molecule has 8 aromatic carbocycles. The van der Waals surface area contributed by atoms with Crippen molar-refractivity contribution in [1.82, 2.24) is 0 Å². The average molecular weight is 644 g/mol. The normalized spacial score (nSPS) is 11.7. The molecule has 0 atom stereocenters. The van der Waals surface area contributed by atoms with E-state index in [1.807, 2.05) is 23.5 Å². The molecule has 10 aromatic rings. The van der Waals surface area contributed by atoms with Gasteiger partial charge in [0.25, 0.3) is 0 Å². The van der Waals surface area contributed by atoms with Crippen LogP contribution in [0.3, 0.4) is 0 Å². The van der Waals surface area contributed by atoms with E-state index < -0.39 is 0 Å². The lowest BCUT2D eigenvalue weighted by molar-refractivity contribution is 0.669. The molecule has 49 heavy (non-hydrogen) atoms. The molecule has 2 nitrogen and oxygen atoms in total. The molecule has 0 aliphatic heterocycles. The molecule has 0 bridgehead atoms. The summed E-state index contributed by atoms with van der Waals surface area (Å²) in [7, 11) is 0. The van der Waals surface area contributed by atoms with Crippen LogP contribution in [0.4, 0.5) is 17.1 Å². The monoisotopic (exact) mass is 643 g/mol. The summed E-state index contributed by atoms with van der Waals surface area (Å²) >= 11 is 1.87. The molecule has 0 unspecified atom stereocenters. The van der Waals surface area contributed by atoms with Gasteiger partial charge in [-0.1, -0.05) is 133 Å². The fourth-order valence-corrected chi connectivity index (χ4v) is 8.70. The molecule has 0 saturated carbocycles. The van der Waals surface area contributed by atoms with E-state index in [9.17, 15) is 0 Å². The highest BCUT2D eigenvalue weighted by atomic mass is 32.1. The van der Waals surface area contributed by atoms with Gasteiger partial charge in [-0.3, -0.25) is 0 Å². The number of hydrogen-bond acceptors (Lipinski definition) is 3. The maximum atomic E-state index is 6.47. The highest BCUT2D eigenvalue weighted by Crippen LogP contribution is 2.49. The average Bonchev–Trinajstić information content (AvgIpc) is 3.73. The Morgan fingerprint density at radius 2 is 0.959 bits per heavy atom. The Hall–Kier alpha value is -6.16. The predicted octanol–water partition coefficient (Wildman–Crippen LogP) is 13.9. The third-order valence-electron chi connectivity index (χ3n) is 9.68. The Kier molecular flexibility index (Phi) is 6.39. The lowest BCUT2D eigenvalue weighted by atomic mass is 9.95. The number of thiophene rings is 1. The van der Waals surface area contributed by atoms with Gasteiger partial charge >= 0.3 is 0 Å². The van der Waals surface area contributed by atoms with Crippen molar-refractivity contribution in [2.75, 3.05) is 4.90 Å². The molecule has 10 rings (SSSR count). The van der Waals surface area contributed by atoms with Crippen molar-refractivity contribution in [2.24, 2.45) is 0 Å². The molecule has 0 saturated heterocycles. The number of furan rings is 1. The topological polar surface area (TPSA) is 16.4 Å². The minimum absolute atomic E-state index is 0.871. The molecule has 0 aliphatic carbocycles. The van der Waals surface area contributed by atoms with Crippen LogP contribution in [0.2, 0.25) is 0 Å². The van der Waals surface area contributed by atoms with Crippen molar-refractivity contribution in [1.29, 1.82) is 0 Å². The molecule has 2 aromatic heterocycles. The maximum Gasteiger partial charge on any atom is 0.137 e. The smallest absolute Gasteiger partial charge is 0.137 e. The first-order valence-electron chi connectivity index (χ1n) is 16.6. The van der Waals surface area contributed by atoms with Crippen LogP contribution in [-0.2, 0) is 0 Å². The van der Waals surface area contributed by atoms with Crippen molar-refractivity contribution in [3.8, 4) is 22.3 Å². The highest BCUT2D eigenvalue weighted by Gasteiger charge is 2.23. The summed E-state index contributed by atoms with van der Waals surface area (Å²) in [5.41, 5.74) is 9.79. The maximum absolute atomic E-state index is 6.47. The lowest BCUT2D eigenvalue weighted by Gasteiger charge is -2.30. The predicted molar refractivity (Wildman–Crippen MR) is 210 cm³/mol. The number of para-hydroxylation sites is 3. The van der Waals surface area contributed by atoms with Gasteiger partial charge in [0, 0.05) is 59.4 Å². The minimum Gasteiger partial charge on any atom is -0.456 e. The van der Waals surface area contributed by atoms with Crippen LogP contribution >= 0.6 is 11.3 Å². The fourth-order valence-electron chi connectivity index (χ4n) is 7.47. The van der Waals surface area contributed by atoms with E-state index >= 15 is 0 Å². The minimum atomic E-state index is 0.871. The van der Waals surface area contributed by atoms with E-state index in [1.54, 1.807) is 0 Å². The highest BCUT2D eigenvalue weighted by molar-refractivity contribution is 7.26. The Morgan fingerprint density at radius 3 is 1.82 bits per heavy atom. The Balaban J connectivity index is 1.27. The van der Waals surface area contributed by atoms with Crippen LogP contribution in [0, 0.1) is 0 Å². The zero-order valence-corrected chi connectivity index (χ0v) is 27.3. The summed E-state index contributed by atoms with van der Waals surface area (Å²) in [5.74, 6) is 0. The summed E-state index contributed by atoms with van der Waals surface area (Å²) in [5, 5.41) is 7.29. The molecule has 0 amide bonds. The van der Waals surface area contributed by atoms with Crippen molar-refractivity contribution in [2.45, 2.75) is 0 Å². The van der Waals surface area contributed by atoms with E-state index in [2.05, 4.69) is 169 Å². The van der Waals surface area contributed by atoms with Crippen LogP contribution < -0.4 is 4.90 Å². The van der Waals surface area contributed by atoms with Crippen molar-refractivity contribution < 1.29 is 4.42 Å². The number of benzene rings is 8. The van der Waals surface area contributed by atoms with Crippen molar-refractivity contribution in [3.05, 3.63) is 176 Å². The Bertz CT molecular complexity index is 2850. The Labute approximate surface area is 287 Å². The van der Waals surface area contributed by atoms with Crippen molar-refractivity contribution >= 4 is 81.3 Å². The molecule has 0 aliphatic rings. The van der Waals surface area contributed by atoms with Gasteiger partial charge in [-0.15, -0.1) is 11.3 Å². The van der Waals surface area contributed by atoms with E-state index in [0.29, 0.717) is 0 Å². The second-order valence-electron chi connectivity index (χ2n) is 12.5. The third kappa shape index (κ3) is 4.47. The van der Waals surface area contributed by atoms with Gasteiger partial charge in [0.1, 0.15) is 11.2 Å². The molecule has 0 N–H and O–H groups in total. The standard InChI is InChI=1S/C46H29NOS/c1-2-15-32-30(13-1)14-11-20-33(32)34-16-3-7-23-41(34)47(31-27-28-37-36-18-5-9-25-43(36)48-44(37)29-31)42-24-8-4-17-35(42)39-21-12-22-40-38-19-6-10-26-45(38)49-46(39)40/h1-29H. The number of fused-ring (bicyclic) bond motifs is 7. The van der Waals surface area contributed by atoms with Gasteiger partial charge in [-0.25, -0.2) is 0 Å². The number of anilines is 3. The van der Waals surface area contributed by atoms with Gasteiger partial charge in [0.15, 0.2) is 0 Å². The lowest BCUT2D eigenvalue weighted by Crippen LogP contribution is -2.12. The van der Waals surface area contributed by atoms with Gasteiger partial charge in [0.2, 0.25) is 0 Å². The summed E-state index contributed by atoms with van der Waals surface area (Å²) in [4.78, 5) is 2.42. The molecule has 2 heterocycles. The van der Waals surface area contributed by atoms with Gasteiger partial charge in [-0.05, 0) is 52.7 Å². The second-order valence-corrected chi connectivity index (χ2v) is 13.5. The number of hydrogen-bond donors (Lipinski definition) is 0. The van der Waals surface area contributed by atoms with E-state index in [4.69, 9.17) is 4.42 Å². The number of nitrogens with zero attached hydrogens (tertiary/aromatic N) is 1. The zero-order chi connectivity index (χ0) is 32.3. The molecule has 0 fully saturated rings. The van der Waals surface area contributed by atoms with E-state index in [1.165, 1.54) is 53.2 Å². The molecular weight excluding hydrogens is 615 g/mol. The molecule has 0 radical (unpaired) electrons. The summed E-state index contributed by atoms with van der Waals surface area (Å²) < 4.78 is 9.07. The van der Waals surface area contributed by atoms with Crippen LogP contribution in [0.25, 0.3) is 75.1 Å². The third-order valence-corrected chi connectivity index (χ3v) is 10.9. The largest absolute Gasteiger partial charge is 0.456 e. The first kappa shape index (κ1) is 27.9. The molecule has 3 heteroatoms. The van der Waals surface area contributed by atoms with Crippen molar-refractivity contribution in [3.63, 3.8) is 0 Å². The summed E-state index contributed by atoms with van der Waals surface area (Å²) in [6, 6.07) is 63.2.